The molecule has 0 aliphatic rings. The van der Waals surface area contributed by atoms with E-state index in [9.17, 15) is 4.79 Å². The number of nitrogens with zero attached hydrogens (tertiary/aromatic N) is 1. The Morgan fingerprint density at radius 2 is 2.16 bits per heavy atom. The largest absolute Gasteiger partial charge is 0.469 e. The number of rotatable bonds is 3. The molecule has 0 unspecified atom stereocenters. The monoisotopic (exact) mass is 341 g/mol. The lowest BCUT2D eigenvalue weighted by Crippen LogP contribution is -2.26. The van der Waals surface area contributed by atoms with Crippen molar-refractivity contribution in [1.29, 1.82) is 0 Å². The van der Waals surface area contributed by atoms with Crippen LogP contribution in [0.3, 0.4) is 0 Å². The van der Waals surface area contributed by atoms with Crippen molar-refractivity contribution in [2.45, 2.75) is 13.5 Å². The number of aryl methyl sites for hydroxylation is 1. The molecule has 0 saturated heterocycles. The van der Waals surface area contributed by atoms with Crippen LogP contribution in [0.15, 0.2) is 39.4 Å². The van der Waals surface area contributed by atoms with Crippen LogP contribution < -0.4 is 0 Å². The third-order valence-corrected chi connectivity index (χ3v) is 3.51. The minimum absolute atomic E-state index is 0.0798. The number of hydrogen-bond donors (Lipinski definition) is 0. The summed E-state index contributed by atoms with van der Waals surface area (Å²) < 4.78 is 6.01. The molecule has 0 radical (unpaired) electrons. The molecule has 1 amide bonds. The van der Waals surface area contributed by atoms with Gasteiger partial charge in [0.15, 0.2) is 0 Å². The molecule has 2 rings (SSSR count). The zero-order valence-corrected chi connectivity index (χ0v) is 13.0. The Hall–Kier alpha value is -1.26. The molecule has 1 aromatic carbocycles. The van der Waals surface area contributed by atoms with E-state index in [1.807, 2.05) is 13.0 Å². The Balaban J connectivity index is 2.17. The molecule has 3 nitrogen and oxygen atoms in total. The van der Waals surface area contributed by atoms with Crippen LogP contribution in [0.2, 0.25) is 5.02 Å². The lowest BCUT2D eigenvalue weighted by molar-refractivity contribution is 0.0784. The maximum Gasteiger partial charge on any atom is 0.253 e. The lowest BCUT2D eigenvalue weighted by atomic mass is 10.2. The Morgan fingerprint density at radius 1 is 1.42 bits per heavy atom. The number of carbonyl (C=O) groups excluding carboxylic acids is 1. The number of carbonyl (C=O) groups is 1. The van der Waals surface area contributed by atoms with Crippen LogP contribution >= 0.6 is 27.5 Å². The molecule has 0 aliphatic heterocycles. The molecule has 0 bridgehead atoms. The maximum absolute atomic E-state index is 12.3. The van der Waals surface area contributed by atoms with Gasteiger partial charge < -0.3 is 9.32 Å². The van der Waals surface area contributed by atoms with Crippen molar-refractivity contribution in [1.82, 2.24) is 4.90 Å². The highest BCUT2D eigenvalue weighted by Crippen LogP contribution is 2.21. The summed E-state index contributed by atoms with van der Waals surface area (Å²) in [7, 11) is 1.75. The molecule has 5 heteroatoms. The van der Waals surface area contributed by atoms with Crippen molar-refractivity contribution in [2.75, 3.05) is 7.05 Å². The zero-order valence-electron chi connectivity index (χ0n) is 10.6. The summed E-state index contributed by atoms with van der Waals surface area (Å²) in [5.41, 5.74) is 1.56. The minimum atomic E-state index is -0.0798. The fourth-order valence-corrected chi connectivity index (χ4v) is 2.66. The molecule has 2 aromatic rings. The first-order chi connectivity index (χ1) is 8.97. The molecule has 0 fully saturated rings. The molecule has 0 saturated carbocycles. The average molecular weight is 343 g/mol. The van der Waals surface area contributed by atoms with E-state index in [0.717, 1.165) is 15.8 Å². The quantitative estimate of drug-likeness (QED) is 0.834. The highest BCUT2D eigenvalue weighted by Gasteiger charge is 2.15. The van der Waals surface area contributed by atoms with Gasteiger partial charge in [0.25, 0.3) is 5.91 Å². The standard InChI is InChI=1S/C14H13BrClNO2/c1-9-10(3-4-19-9)8-17(2)14(18)11-5-12(15)7-13(16)6-11/h3-7H,8H2,1-2H3. The van der Waals surface area contributed by atoms with Gasteiger partial charge in [0.05, 0.1) is 6.26 Å². The van der Waals surface area contributed by atoms with E-state index in [1.165, 1.54) is 0 Å². The molecule has 100 valence electrons. The second-order valence-electron chi connectivity index (χ2n) is 4.32. The molecule has 0 N–H and O–H groups in total. The summed E-state index contributed by atoms with van der Waals surface area (Å²) in [6, 6.07) is 7.03. The number of halogens is 2. The summed E-state index contributed by atoms with van der Waals surface area (Å²) in [5, 5.41) is 0.533. The van der Waals surface area contributed by atoms with Crippen LogP contribution in [0.25, 0.3) is 0 Å². The van der Waals surface area contributed by atoms with Gasteiger partial charge in [0, 0.05) is 34.2 Å². The van der Waals surface area contributed by atoms with E-state index in [4.69, 9.17) is 16.0 Å². The number of amides is 1. The Labute approximate surface area is 125 Å². The van der Waals surface area contributed by atoms with Crippen LogP contribution in [-0.4, -0.2) is 17.9 Å². The van der Waals surface area contributed by atoms with Gasteiger partial charge in [-0.2, -0.15) is 0 Å². The predicted octanol–water partition coefficient (Wildman–Crippen LogP) is 4.28. The smallest absolute Gasteiger partial charge is 0.253 e. The highest BCUT2D eigenvalue weighted by atomic mass is 79.9. The van der Waals surface area contributed by atoms with Crippen molar-refractivity contribution in [3.8, 4) is 0 Å². The van der Waals surface area contributed by atoms with Gasteiger partial charge in [-0.1, -0.05) is 27.5 Å². The molecule has 0 atom stereocenters. The third kappa shape index (κ3) is 3.39. The molecule has 1 heterocycles. The number of furan rings is 1. The van der Waals surface area contributed by atoms with Crippen LogP contribution in [0.1, 0.15) is 21.7 Å². The van der Waals surface area contributed by atoms with E-state index in [2.05, 4.69) is 15.9 Å². The SMILES string of the molecule is Cc1occc1CN(C)C(=O)c1cc(Cl)cc(Br)c1. The lowest BCUT2D eigenvalue weighted by Gasteiger charge is -2.17. The van der Waals surface area contributed by atoms with E-state index in [0.29, 0.717) is 17.1 Å². The van der Waals surface area contributed by atoms with Crippen LogP contribution in [0.5, 0.6) is 0 Å². The van der Waals surface area contributed by atoms with E-state index in [-0.39, 0.29) is 5.91 Å². The van der Waals surface area contributed by atoms with Gasteiger partial charge in [-0.15, -0.1) is 0 Å². The molecular formula is C14H13BrClNO2. The van der Waals surface area contributed by atoms with E-state index in [1.54, 1.807) is 36.4 Å². The van der Waals surface area contributed by atoms with Gasteiger partial charge in [-0.25, -0.2) is 0 Å². The summed E-state index contributed by atoms with van der Waals surface area (Å²) >= 11 is 9.28. The Bertz CT molecular complexity index is 589. The topological polar surface area (TPSA) is 33.5 Å². The maximum atomic E-state index is 12.3. The Kier molecular flexibility index (Phi) is 4.32. The van der Waals surface area contributed by atoms with Gasteiger partial charge >= 0.3 is 0 Å². The molecule has 19 heavy (non-hydrogen) atoms. The van der Waals surface area contributed by atoms with Crippen molar-refractivity contribution in [3.63, 3.8) is 0 Å². The number of hydrogen-bond acceptors (Lipinski definition) is 2. The minimum Gasteiger partial charge on any atom is -0.469 e. The number of benzene rings is 1. The van der Waals surface area contributed by atoms with Gasteiger partial charge in [0.2, 0.25) is 0 Å². The second kappa shape index (κ2) is 5.80. The van der Waals surface area contributed by atoms with Crippen molar-refractivity contribution in [3.05, 3.63) is 56.9 Å². The zero-order chi connectivity index (χ0) is 14.0. The van der Waals surface area contributed by atoms with E-state index >= 15 is 0 Å². The van der Waals surface area contributed by atoms with Gasteiger partial charge in [0.1, 0.15) is 5.76 Å². The van der Waals surface area contributed by atoms with Crippen molar-refractivity contribution < 1.29 is 9.21 Å². The molecule has 1 aromatic heterocycles. The summed E-state index contributed by atoms with van der Waals surface area (Å²) in [6.07, 6.45) is 1.62. The van der Waals surface area contributed by atoms with Gasteiger partial charge in [-0.05, 0) is 31.2 Å². The van der Waals surface area contributed by atoms with Crippen molar-refractivity contribution in [2.24, 2.45) is 0 Å². The first-order valence-electron chi connectivity index (χ1n) is 5.72. The Morgan fingerprint density at radius 3 is 2.74 bits per heavy atom. The van der Waals surface area contributed by atoms with Crippen LogP contribution in [0.4, 0.5) is 0 Å². The van der Waals surface area contributed by atoms with Gasteiger partial charge in [-0.3, -0.25) is 4.79 Å². The molecule has 0 spiro atoms. The first-order valence-corrected chi connectivity index (χ1v) is 6.89. The summed E-state index contributed by atoms with van der Waals surface area (Å²) in [6.45, 7) is 2.38. The second-order valence-corrected chi connectivity index (χ2v) is 5.67. The highest BCUT2D eigenvalue weighted by molar-refractivity contribution is 9.10. The predicted molar refractivity (Wildman–Crippen MR) is 78.4 cm³/mol. The molecule has 0 aliphatic carbocycles. The summed E-state index contributed by atoms with van der Waals surface area (Å²) in [4.78, 5) is 13.9. The first kappa shape index (κ1) is 14.2. The normalized spacial score (nSPS) is 10.5. The van der Waals surface area contributed by atoms with Crippen LogP contribution in [0, 0.1) is 6.92 Å². The molecular weight excluding hydrogens is 330 g/mol. The van der Waals surface area contributed by atoms with Crippen LogP contribution in [-0.2, 0) is 6.54 Å². The average Bonchev–Trinajstić information content (AvgIpc) is 2.72. The fourth-order valence-electron chi connectivity index (χ4n) is 1.80. The third-order valence-electron chi connectivity index (χ3n) is 2.83. The fraction of sp³-hybridized carbons (Fsp3) is 0.214. The summed E-state index contributed by atoms with van der Waals surface area (Å²) in [5.74, 6) is 0.746. The van der Waals surface area contributed by atoms with Crippen molar-refractivity contribution >= 4 is 33.4 Å². The van der Waals surface area contributed by atoms with E-state index < -0.39 is 0 Å².